The van der Waals surface area contributed by atoms with Crippen LogP contribution in [0.15, 0.2) is 0 Å². The highest BCUT2D eigenvalue weighted by atomic mass is 28.2. The number of ether oxygens (including phenoxy) is 1. The third-order valence-corrected chi connectivity index (χ3v) is 1.05. The third-order valence-electron chi connectivity index (χ3n) is 0.524. The molecule has 0 heterocycles. The maximum absolute atomic E-state index is 10.2. The number of hydrogen-bond acceptors (Lipinski definition) is 3. The first kappa shape index (κ1) is 7.49. The summed E-state index contributed by atoms with van der Waals surface area (Å²) in [6.07, 6.45) is -0.526. The van der Waals surface area contributed by atoms with E-state index < -0.39 is 15.9 Å². The Labute approximate surface area is 50.9 Å². The molecule has 4 heteroatoms. The molecule has 0 radical (unpaired) electrons. The highest BCUT2D eigenvalue weighted by Crippen LogP contribution is 1.80. The number of hydrogen-bond donors (Lipinski definition) is 0. The van der Waals surface area contributed by atoms with Gasteiger partial charge in [-0.15, -0.1) is 0 Å². The second-order valence-corrected chi connectivity index (χ2v) is 1.98. The van der Waals surface area contributed by atoms with Crippen molar-refractivity contribution in [3.05, 3.63) is 0 Å². The lowest BCUT2D eigenvalue weighted by Gasteiger charge is -1.99. The van der Waals surface area contributed by atoms with Crippen LogP contribution in [0.2, 0.25) is 6.55 Å². The summed E-state index contributed by atoms with van der Waals surface area (Å²) >= 11 is 0. The molecule has 0 atom stereocenters. The lowest BCUT2D eigenvalue weighted by molar-refractivity contribution is 0.106. The van der Waals surface area contributed by atoms with Crippen LogP contribution in [-0.4, -0.2) is 22.5 Å². The largest absolute Gasteiger partial charge is 0.495 e. The van der Waals surface area contributed by atoms with Gasteiger partial charge in [0.2, 0.25) is 9.76 Å². The Balaban J connectivity index is 3.06. The molecule has 0 spiro atoms. The van der Waals surface area contributed by atoms with Gasteiger partial charge in [0, 0.05) is 0 Å². The van der Waals surface area contributed by atoms with Crippen LogP contribution < -0.4 is 0 Å². The summed E-state index contributed by atoms with van der Waals surface area (Å²) in [5, 5.41) is 0. The van der Waals surface area contributed by atoms with Crippen molar-refractivity contribution in [1.29, 1.82) is 0 Å². The Kier molecular flexibility index (Phi) is 4.34. The highest BCUT2D eigenvalue weighted by molar-refractivity contribution is 6.27. The van der Waals surface area contributed by atoms with E-state index in [9.17, 15) is 4.79 Å². The number of carbonyl (C=O) groups excluding carboxylic acids is 1. The first-order valence-electron chi connectivity index (χ1n) is 2.60. The van der Waals surface area contributed by atoms with Crippen LogP contribution in [0, 0.1) is 0 Å². The third kappa shape index (κ3) is 3.67. The van der Waals surface area contributed by atoms with E-state index in [4.69, 9.17) is 0 Å². The zero-order valence-corrected chi connectivity index (χ0v) is 6.55. The van der Waals surface area contributed by atoms with Gasteiger partial charge in [0.05, 0.1) is 6.61 Å². The highest BCUT2D eigenvalue weighted by Gasteiger charge is 1.95. The van der Waals surface area contributed by atoms with Crippen LogP contribution in [0.4, 0.5) is 4.79 Å². The van der Waals surface area contributed by atoms with E-state index >= 15 is 0 Å². The van der Waals surface area contributed by atoms with Crippen molar-refractivity contribution in [3.63, 3.8) is 0 Å². The molecule has 0 bridgehead atoms. The lowest BCUT2D eigenvalue weighted by Crippen LogP contribution is -2.07. The number of rotatable bonds is 2. The summed E-state index contributed by atoms with van der Waals surface area (Å²) in [6, 6.07) is 0. The maximum atomic E-state index is 10.2. The van der Waals surface area contributed by atoms with Crippen LogP contribution in [0.3, 0.4) is 0 Å². The zero-order valence-electron chi connectivity index (χ0n) is 5.14. The molecule has 0 aliphatic rings. The van der Waals surface area contributed by atoms with E-state index in [1.54, 1.807) is 6.92 Å². The van der Waals surface area contributed by atoms with Gasteiger partial charge in [0.15, 0.2) is 0 Å². The van der Waals surface area contributed by atoms with Crippen LogP contribution in [0.25, 0.3) is 0 Å². The van der Waals surface area contributed by atoms with Gasteiger partial charge in [-0.2, -0.15) is 0 Å². The molecule has 0 N–H and O–H groups in total. The molecule has 0 unspecified atom stereocenters. The molecule has 8 heavy (non-hydrogen) atoms. The molecule has 3 nitrogen and oxygen atoms in total. The van der Waals surface area contributed by atoms with Gasteiger partial charge in [-0.05, 0) is 13.5 Å². The van der Waals surface area contributed by atoms with E-state index in [1.165, 1.54) is 0 Å². The molecular weight excluding hydrogens is 124 g/mol. The van der Waals surface area contributed by atoms with Crippen LogP contribution in [-0.2, 0) is 9.16 Å². The summed E-state index contributed by atoms with van der Waals surface area (Å²) in [7, 11) is -0.628. The van der Waals surface area contributed by atoms with E-state index in [1.807, 2.05) is 6.55 Å². The van der Waals surface area contributed by atoms with Crippen LogP contribution >= 0.6 is 0 Å². The van der Waals surface area contributed by atoms with Gasteiger partial charge >= 0.3 is 6.16 Å². The quantitative estimate of drug-likeness (QED) is 0.402. The Morgan fingerprint density at radius 3 is 2.75 bits per heavy atom. The van der Waals surface area contributed by atoms with Gasteiger partial charge in [-0.25, -0.2) is 4.79 Å². The van der Waals surface area contributed by atoms with Gasteiger partial charge < -0.3 is 9.16 Å². The van der Waals surface area contributed by atoms with Crippen molar-refractivity contribution in [3.8, 4) is 0 Å². The topological polar surface area (TPSA) is 35.5 Å². The van der Waals surface area contributed by atoms with Crippen molar-refractivity contribution < 1.29 is 14.0 Å². The van der Waals surface area contributed by atoms with E-state index in [-0.39, 0.29) is 0 Å². The molecule has 0 saturated heterocycles. The first-order chi connectivity index (χ1) is 3.81. The fraction of sp³-hybridized carbons (Fsp3) is 0.750. The standard InChI is InChI=1S/C4H10O3Si/c1-3-6-4(5)7-8-2/h3,8H2,1-2H3. The van der Waals surface area contributed by atoms with Crippen LogP contribution in [0.5, 0.6) is 0 Å². The fourth-order valence-corrected chi connectivity index (χ4v) is 0.596. The first-order valence-corrected chi connectivity index (χ1v) is 4.60. The van der Waals surface area contributed by atoms with E-state index in [0.717, 1.165) is 0 Å². The molecule has 0 rings (SSSR count). The smallest absolute Gasteiger partial charge is 0.493 e. The van der Waals surface area contributed by atoms with Gasteiger partial charge in [-0.1, -0.05) is 0 Å². The second-order valence-electron chi connectivity index (χ2n) is 1.12. The molecule has 48 valence electrons. The maximum Gasteiger partial charge on any atom is 0.493 e. The van der Waals surface area contributed by atoms with E-state index in [2.05, 4.69) is 9.16 Å². The zero-order chi connectivity index (χ0) is 6.41. The van der Waals surface area contributed by atoms with Crippen molar-refractivity contribution >= 4 is 15.9 Å². The molecule has 0 aliphatic heterocycles. The van der Waals surface area contributed by atoms with Crippen LogP contribution in [0.1, 0.15) is 6.92 Å². The second kappa shape index (κ2) is 4.64. The average molecular weight is 134 g/mol. The van der Waals surface area contributed by atoms with Crippen molar-refractivity contribution in [2.24, 2.45) is 0 Å². The predicted molar refractivity (Wildman–Crippen MR) is 32.5 cm³/mol. The minimum atomic E-state index is -0.628. The number of carbonyl (C=O) groups is 1. The molecule has 0 amide bonds. The van der Waals surface area contributed by atoms with Gasteiger partial charge in [-0.3, -0.25) is 0 Å². The Morgan fingerprint density at radius 2 is 2.38 bits per heavy atom. The summed E-state index contributed by atoms with van der Waals surface area (Å²) in [4.78, 5) is 10.2. The minimum absolute atomic E-state index is 0.396. The fourth-order valence-electron chi connectivity index (χ4n) is 0.277. The van der Waals surface area contributed by atoms with E-state index in [0.29, 0.717) is 6.61 Å². The monoisotopic (exact) mass is 134 g/mol. The molecule has 0 fully saturated rings. The summed E-state index contributed by atoms with van der Waals surface area (Å²) in [5.74, 6) is 0. The van der Waals surface area contributed by atoms with Crippen molar-refractivity contribution in [2.45, 2.75) is 13.5 Å². The summed E-state index contributed by atoms with van der Waals surface area (Å²) < 4.78 is 9.02. The van der Waals surface area contributed by atoms with Gasteiger partial charge in [0.25, 0.3) is 0 Å². The lowest BCUT2D eigenvalue weighted by atomic mass is 10.9. The molecule has 0 aromatic rings. The normalized spacial score (nSPS) is 9.75. The SMILES string of the molecule is CCOC(=O)O[SiH2]C. The Bertz CT molecular complexity index is 65.7. The van der Waals surface area contributed by atoms with Crippen molar-refractivity contribution in [2.75, 3.05) is 6.61 Å². The Morgan fingerprint density at radius 1 is 1.75 bits per heavy atom. The average Bonchev–Trinajstić information content (AvgIpc) is 1.68. The molecule has 0 aliphatic carbocycles. The molecule has 0 aromatic heterocycles. The Hall–Kier alpha value is -0.513. The molecular formula is C4H10O3Si. The summed E-state index contributed by atoms with van der Waals surface area (Å²) in [5.41, 5.74) is 0. The molecule has 0 saturated carbocycles. The summed E-state index contributed by atoms with van der Waals surface area (Å²) in [6.45, 7) is 4.02. The molecule has 0 aromatic carbocycles. The minimum Gasteiger partial charge on any atom is -0.495 e. The van der Waals surface area contributed by atoms with Crippen molar-refractivity contribution in [1.82, 2.24) is 0 Å². The van der Waals surface area contributed by atoms with Gasteiger partial charge in [0.1, 0.15) is 0 Å². The predicted octanol–water partition coefficient (Wildman–Crippen LogP) is 0.291.